The molecule has 138 valence electrons. The molecule has 0 radical (unpaired) electrons. The van der Waals surface area contributed by atoms with Crippen molar-refractivity contribution in [2.24, 2.45) is 0 Å². The van der Waals surface area contributed by atoms with Crippen LogP contribution in [0.1, 0.15) is 11.1 Å². The molecule has 5 heteroatoms. The number of amides is 1. The lowest BCUT2D eigenvalue weighted by molar-refractivity contribution is -0.112. The second-order valence-electron chi connectivity index (χ2n) is 6.12. The smallest absolute Gasteiger partial charge is 0.266 e. The number of nitrogens with one attached hydrogen (secondary N) is 1. The molecule has 0 spiro atoms. The molecule has 3 nitrogen and oxygen atoms in total. The predicted molar refractivity (Wildman–Crippen MR) is 118 cm³/mol. The molecule has 0 aliphatic heterocycles. The standard InChI is InChI=1S/C23H17BrN2OS/c1-16-5-9-21(10-6-16)28-22-11-7-17(8-12-22)13-18(15-25)23(27)26-20-4-2-3-19(24)14-20/h2-14H,1H3,(H,26,27)/b18-13-. The highest BCUT2D eigenvalue weighted by atomic mass is 79.9. The first-order valence-electron chi connectivity index (χ1n) is 8.57. The Morgan fingerprint density at radius 3 is 2.29 bits per heavy atom. The van der Waals surface area contributed by atoms with Crippen LogP contribution >= 0.6 is 27.7 Å². The number of anilines is 1. The first kappa shape index (κ1) is 19.9. The molecule has 1 N–H and O–H groups in total. The first-order valence-corrected chi connectivity index (χ1v) is 10.2. The normalized spacial score (nSPS) is 11.0. The minimum atomic E-state index is -0.432. The Morgan fingerprint density at radius 1 is 1.04 bits per heavy atom. The van der Waals surface area contributed by atoms with Crippen molar-refractivity contribution in [2.45, 2.75) is 16.7 Å². The molecule has 0 fully saturated rings. The van der Waals surface area contributed by atoms with Crippen LogP contribution in [0.3, 0.4) is 0 Å². The third kappa shape index (κ3) is 5.59. The molecular formula is C23H17BrN2OS. The summed E-state index contributed by atoms with van der Waals surface area (Å²) in [5.41, 5.74) is 2.72. The van der Waals surface area contributed by atoms with E-state index < -0.39 is 5.91 Å². The van der Waals surface area contributed by atoms with Crippen LogP contribution in [0.15, 0.2) is 92.6 Å². The Balaban J connectivity index is 1.70. The molecule has 1 amide bonds. The van der Waals surface area contributed by atoms with Gasteiger partial charge in [0.05, 0.1) is 0 Å². The van der Waals surface area contributed by atoms with Crippen LogP contribution in [0.4, 0.5) is 5.69 Å². The average Bonchev–Trinajstić information content (AvgIpc) is 2.69. The highest BCUT2D eigenvalue weighted by Gasteiger charge is 2.10. The van der Waals surface area contributed by atoms with Crippen molar-refractivity contribution < 1.29 is 4.79 Å². The van der Waals surface area contributed by atoms with Crippen molar-refractivity contribution in [2.75, 3.05) is 5.32 Å². The third-order valence-electron chi connectivity index (χ3n) is 3.90. The van der Waals surface area contributed by atoms with Gasteiger partial charge in [0, 0.05) is 20.0 Å². The molecule has 0 saturated heterocycles. The van der Waals surface area contributed by atoms with Crippen molar-refractivity contribution >= 4 is 45.4 Å². The molecule has 0 aliphatic carbocycles. The summed E-state index contributed by atoms with van der Waals surface area (Å²) in [6.45, 7) is 2.06. The van der Waals surface area contributed by atoms with Crippen LogP contribution in [0.2, 0.25) is 0 Å². The van der Waals surface area contributed by atoms with E-state index >= 15 is 0 Å². The molecule has 0 saturated carbocycles. The van der Waals surface area contributed by atoms with E-state index in [9.17, 15) is 10.1 Å². The van der Waals surface area contributed by atoms with Crippen molar-refractivity contribution in [1.82, 2.24) is 0 Å². The third-order valence-corrected chi connectivity index (χ3v) is 5.40. The Labute approximate surface area is 177 Å². The second kappa shape index (κ2) is 9.41. The molecule has 3 aromatic rings. The van der Waals surface area contributed by atoms with E-state index in [0.29, 0.717) is 5.69 Å². The number of carbonyl (C=O) groups excluding carboxylic acids is 1. The first-order chi connectivity index (χ1) is 13.5. The van der Waals surface area contributed by atoms with E-state index in [4.69, 9.17) is 0 Å². The van der Waals surface area contributed by atoms with Crippen LogP contribution in [0.25, 0.3) is 6.08 Å². The van der Waals surface area contributed by atoms with Gasteiger partial charge in [-0.05, 0) is 61.0 Å². The minimum absolute atomic E-state index is 0.0545. The summed E-state index contributed by atoms with van der Waals surface area (Å²) in [5.74, 6) is -0.432. The Hall–Kier alpha value is -2.81. The van der Waals surface area contributed by atoms with Crippen LogP contribution in [-0.4, -0.2) is 5.91 Å². The molecule has 0 atom stereocenters. The number of benzene rings is 3. The van der Waals surface area contributed by atoms with E-state index in [1.165, 1.54) is 10.5 Å². The lowest BCUT2D eigenvalue weighted by atomic mass is 10.1. The lowest BCUT2D eigenvalue weighted by Crippen LogP contribution is -2.13. The molecule has 28 heavy (non-hydrogen) atoms. The number of nitrogens with zero attached hydrogens (tertiary/aromatic N) is 1. The van der Waals surface area contributed by atoms with Gasteiger partial charge in [0.1, 0.15) is 11.6 Å². The number of carbonyl (C=O) groups is 1. The molecule has 0 unspecified atom stereocenters. The molecule has 0 aliphatic rings. The van der Waals surface area contributed by atoms with Crippen molar-refractivity contribution in [3.63, 3.8) is 0 Å². The van der Waals surface area contributed by atoms with Crippen LogP contribution in [0, 0.1) is 18.3 Å². The molecule has 3 rings (SSSR count). The summed E-state index contributed by atoms with van der Waals surface area (Å²) in [7, 11) is 0. The number of halogens is 1. The van der Waals surface area contributed by atoms with Gasteiger partial charge in [-0.15, -0.1) is 0 Å². The van der Waals surface area contributed by atoms with E-state index in [1.807, 2.05) is 42.5 Å². The highest BCUT2D eigenvalue weighted by molar-refractivity contribution is 9.10. The number of hydrogen-bond acceptors (Lipinski definition) is 3. The van der Waals surface area contributed by atoms with Crippen LogP contribution in [-0.2, 0) is 4.79 Å². The predicted octanol–water partition coefficient (Wildman–Crippen LogP) is 6.45. The van der Waals surface area contributed by atoms with Gasteiger partial charge in [-0.3, -0.25) is 4.79 Å². The van der Waals surface area contributed by atoms with Gasteiger partial charge in [-0.1, -0.05) is 63.6 Å². The highest BCUT2D eigenvalue weighted by Crippen LogP contribution is 2.28. The maximum atomic E-state index is 12.4. The lowest BCUT2D eigenvalue weighted by Gasteiger charge is -2.05. The molecule has 0 aromatic heterocycles. The van der Waals surface area contributed by atoms with Gasteiger partial charge in [0.25, 0.3) is 5.91 Å². The average molecular weight is 449 g/mol. The SMILES string of the molecule is Cc1ccc(Sc2ccc(/C=C(/C#N)C(=O)Nc3cccc(Br)c3)cc2)cc1. The summed E-state index contributed by atoms with van der Waals surface area (Å²) in [5, 5.41) is 12.1. The fraction of sp³-hybridized carbons (Fsp3) is 0.0435. The molecule has 3 aromatic carbocycles. The number of hydrogen-bond donors (Lipinski definition) is 1. The van der Waals surface area contributed by atoms with E-state index in [2.05, 4.69) is 52.4 Å². The van der Waals surface area contributed by atoms with E-state index in [0.717, 1.165) is 14.9 Å². The topological polar surface area (TPSA) is 52.9 Å². The zero-order chi connectivity index (χ0) is 19.9. The van der Waals surface area contributed by atoms with Crippen LogP contribution < -0.4 is 5.32 Å². The van der Waals surface area contributed by atoms with Crippen molar-refractivity contribution in [1.29, 1.82) is 5.26 Å². The van der Waals surface area contributed by atoms with E-state index in [1.54, 1.807) is 30.0 Å². The maximum absolute atomic E-state index is 12.4. The summed E-state index contributed by atoms with van der Waals surface area (Å²) < 4.78 is 0.856. The second-order valence-corrected chi connectivity index (χ2v) is 8.18. The molecular weight excluding hydrogens is 432 g/mol. The maximum Gasteiger partial charge on any atom is 0.266 e. The Kier molecular flexibility index (Phi) is 6.70. The summed E-state index contributed by atoms with van der Waals surface area (Å²) in [4.78, 5) is 14.6. The largest absolute Gasteiger partial charge is 0.321 e. The van der Waals surface area contributed by atoms with Gasteiger partial charge in [0.2, 0.25) is 0 Å². The summed E-state index contributed by atoms with van der Waals surface area (Å²) in [6, 6.07) is 25.3. The van der Waals surface area contributed by atoms with Gasteiger partial charge < -0.3 is 5.32 Å². The van der Waals surface area contributed by atoms with Crippen LogP contribution in [0.5, 0.6) is 0 Å². The monoisotopic (exact) mass is 448 g/mol. The fourth-order valence-corrected chi connectivity index (χ4v) is 3.67. The summed E-state index contributed by atoms with van der Waals surface area (Å²) >= 11 is 5.03. The number of aryl methyl sites for hydroxylation is 1. The zero-order valence-corrected chi connectivity index (χ0v) is 17.5. The number of nitriles is 1. The Morgan fingerprint density at radius 2 is 1.68 bits per heavy atom. The summed E-state index contributed by atoms with van der Waals surface area (Å²) in [6.07, 6.45) is 1.59. The van der Waals surface area contributed by atoms with Gasteiger partial charge >= 0.3 is 0 Å². The van der Waals surface area contributed by atoms with Crippen molar-refractivity contribution in [3.8, 4) is 6.07 Å². The van der Waals surface area contributed by atoms with Gasteiger partial charge in [-0.25, -0.2) is 0 Å². The van der Waals surface area contributed by atoms with E-state index in [-0.39, 0.29) is 5.57 Å². The minimum Gasteiger partial charge on any atom is -0.321 e. The number of rotatable bonds is 5. The molecule has 0 bridgehead atoms. The fourth-order valence-electron chi connectivity index (χ4n) is 2.45. The van der Waals surface area contributed by atoms with Gasteiger partial charge in [0.15, 0.2) is 0 Å². The zero-order valence-electron chi connectivity index (χ0n) is 15.1. The Bertz CT molecular complexity index is 1050. The quantitative estimate of drug-likeness (QED) is 0.360. The van der Waals surface area contributed by atoms with Gasteiger partial charge in [-0.2, -0.15) is 5.26 Å². The van der Waals surface area contributed by atoms with Crippen molar-refractivity contribution in [3.05, 3.63) is 94.0 Å². The molecule has 0 heterocycles.